The fourth-order valence-electron chi connectivity index (χ4n) is 2.60. The van der Waals surface area contributed by atoms with Crippen LogP contribution in [0.25, 0.3) is 0 Å². The highest BCUT2D eigenvalue weighted by Gasteiger charge is 2.34. The van der Waals surface area contributed by atoms with Gasteiger partial charge in [-0.25, -0.2) is 0 Å². The summed E-state index contributed by atoms with van der Waals surface area (Å²) >= 11 is 3.41. The lowest BCUT2D eigenvalue weighted by Crippen LogP contribution is -2.06. The van der Waals surface area contributed by atoms with Crippen LogP contribution in [0, 0.1) is 0 Å². The van der Waals surface area contributed by atoms with Crippen molar-refractivity contribution in [1.82, 2.24) is 0 Å². The van der Waals surface area contributed by atoms with Gasteiger partial charge in [0.2, 0.25) is 0 Å². The number of unbranched alkanes of at least 4 members (excludes halogenated alkanes) is 3. The number of ether oxygens (including phenoxy) is 1. The van der Waals surface area contributed by atoms with Gasteiger partial charge >= 0.3 is 5.97 Å². The highest BCUT2D eigenvalue weighted by atomic mass is 79.9. The molecule has 2 atom stereocenters. The van der Waals surface area contributed by atoms with Crippen molar-refractivity contribution < 1.29 is 9.53 Å². The topological polar surface area (TPSA) is 26.3 Å². The minimum Gasteiger partial charge on any atom is -0.462 e. The third-order valence-corrected chi connectivity index (χ3v) is 4.25. The number of cyclic esters (lactones) is 1. The molecule has 1 aliphatic rings. The number of carbonyl (C=O) groups is 1. The third-order valence-electron chi connectivity index (χ3n) is 3.72. The van der Waals surface area contributed by atoms with E-state index in [4.69, 9.17) is 4.74 Å². The van der Waals surface area contributed by atoms with Crippen LogP contribution in [0.3, 0.4) is 0 Å². The molecule has 0 aromatic heterocycles. The van der Waals surface area contributed by atoms with Crippen LogP contribution < -0.4 is 0 Å². The smallest absolute Gasteiger partial charge is 0.313 e. The molecule has 0 radical (unpaired) electrons. The van der Waals surface area contributed by atoms with E-state index in [2.05, 4.69) is 22.9 Å². The molecule has 104 valence electrons. The zero-order chi connectivity index (χ0) is 13.7. The second-order valence-corrected chi connectivity index (χ2v) is 6.16. The Balaban J connectivity index is 1.87. The summed E-state index contributed by atoms with van der Waals surface area (Å²) in [5.41, 5.74) is 1.07. The van der Waals surface area contributed by atoms with E-state index in [-0.39, 0.29) is 18.0 Å². The number of carbonyl (C=O) groups excluding carboxylic acids is 1. The molecule has 1 aromatic carbocycles. The fourth-order valence-corrected chi connectivity index (χ4v) is 2.86. The molecule has 3 heteroatoms. The molecule has 2 nitrogen and oxygen atoms in total. The quantitative estimate of drug-likeness (QED) is 0.554. The first kappa shape index (κ1) is 14.6. The predicted molar refractivity (Wildman–Crippen MR) is 80.1 cm³/mol. The summed E-state index contributed by atoms with van der Waals surface area (Å²) in [6, 6.07) is 7.99. The molecule has 1 fully saturated rings. The van der Waals surface area contributed by atoms with Gasteiger partial charge in [-0.1, -0.05) is 54.2 Å². The molecular weight excluding hydrogens is 304 g/mol. The minimum absolute atomic E-state index is 0.0530. The van der Waals surface area contributed by atoms with Gasteiger partial charge in [0, 0.05) is 10.9 Å². The van der Waals surface area contributed by atoms with Crippen LogP contribution in [0.4, 0.5) is 0 Å². The molecular formula is C16H21BrO2. The maximum absolute atomic E-state index is 11.9. The summed E-state index contributed by atoms with van der Waals surface area (Å²) in [6.07, 6.45) is 6.90. The molecule has 19 heavy (non-hydrogen) atoms. The third kappa shape index (κ3) is 4.07. The van der Waals surface area contributed by atoms with Crippen molar-refractivity contribution in [1.29, 1.82) is 0 Å². The Hall–Kier alpha value is -0.830. The van der Waals surface area contributed by atoms with E-state index in [0.717, 1.165) is 22.9 Å². The van der Waals surface area contributed by atoms with Crippen molar-refractivity contribution in [2.75, 3.05) is 0 Å². The predicted octanol–water partition coefficient (Wildman–Crippen LogP) is 4.82. The first-order chi connectivity index (χ1) is 9.20. The zero-order valence-electron chi connectivity index (χ0n) is 11.4. The van der Waals surface area contributed by atoms with Crippen LogP contribution in [0.1, 0.15) is 56.9 Å². The Morgan fingerprint density at radius 3 is 2.63 bits per heavy atom. The maximum Gasteiger partial charge on any atom is 0.313 e. The Morgan fingerprint density at radius 2 is 1.95 bits per heavy atom. The summed E-state index contributed by atoms with van der Waals surface area (Å²) in [6.45, 7) is 2.21. The summed E-state index contributed by atoms with van der Waals surface area (Å²) in [4.78, 5) is 11.9. The highest BCUT2D eigenvalue weighted by Crippen LogP contribution is 2.33. The molecule has 0 saturated carbocycles. The van der Waals surface area contributed by atoms with E-state index >= 15 is 0 Å². The SMILES string of the molecule is CCCCCC[C@@H]1C[C@H](c2ccc(Br)cc2)C(=O)O1. The average molecular weight is 325 g/mol. The molecule has 0 spiro atoms. The van der Waals surface area contributed by atoms with E-state index in [0.29, 0.717) is 0 Å². The van der Waals surface area contributed by atoms with Crippen LogP contribution in [0.5, 0.6) is 0 Å². The van der Waals surface area contributed by atoms with Gasteiger partial charge in [-0.3, -0.25) is 4.79 Å². The van der Waals surface area contributed by atoms with Crippen LogP contribution in [-0.2, 0) is 9.53 Å². The number of benzene rings is 1. The largest absolute Gasteiger partial charge is 0.462 e. The lowest BCUT2D eigenvalue weighted by atomic mass is 9.94. The van der Waals surface area contributed by atoms with Gasteiger partial charge in [-0.15, -0.1) is 0 Å². The Kier molecular flexibility index (Phi) is 5.44. The van der Waals surface area contributed by atoms with Crippen molar-refractivity contribution in [3.63, 3.8) is 0 Å². The van der Waals surface area contributed by atoms with E-state index in [9.17, 15) is 4.79 Å². The van der Waals surface area contributed by atoms with Crippen molar-refractivity contribution >= 4 is 21.9 Å². The van der Waals surface area contributed by atoms with Crippen LogP contribution in [0.2, 0.25) is 0 Å². The van der Waals surface area contributed by atoms with Crippen LogP contribution >= 0.6 is 15.9 Å². The van der Waals surface area contributed by atoms with E-state index < -0.39 is 0 Å². The van der Waals surface area contributed by atoms with Gasteiger partial charge in [0.1, 0.15) is 6.10 Å². The van der Waals surface area contributed by atoms with Crippen LogP contribution in [-0.4, -0.2) is 12.1 Å². The van der Waals surface area contributed by atoms with Gasteiger partial charge < -0.3 is 4.74 Å². The van der Waals surface area contributed by atoms with Crippen molar-refractivity contribution in [2.45, 2.75) is 57.5 Å². The van der Waals surface area contributed by atoms with Crippen molar-refractivity contribution in [3.05, 3.63) is 34.3 Å². The lowest BCUT2D eigenvalue weighted by Gasteiger charge is -2.08. The summed E-state index contributed by atoms with van der Waals surface area (Å²) < 4.78 is 6.53. The standard InChI is InChI=1S/C16H21BrO2/c1-2-3-4-5-6-14-11-15(16(18)19-14)12-7-9-13(17)10-8-12/h7-10,14-15H,2-6,11H2,1H3/t14-,15-/m1/s1. The number of esters is 1. The second kappa shape index (κ2) is 7.09. The Labute approximate surface area is 123 Å². The summed E-state index contributed by atoms with van der Waals surface area (Å²) in [7, 11) is 0. The Morgan fingerprint density at radius 1 is 1.21 bits per heavy atom. The molecule has 1 aliphatic heterocycles. The molecule has 1 heterocycles. The number of hydrogen-bond donors (Lipinski definition) is 0. The normalized spacial score (nSPS) is 22.5. The molecule has 0 amide bonds. The monoisotopic (exact) mass is 324 g/mol. The maximum atomic E-state index is 11.9. The van der Waals surface area contributed by atoms with Gasteiger partial charge in [0.05, 0.1) is 5.92 Å². The number of rotatable bonds is 6. The van der Waals surface area contributed by atoms with E-state index in [1.54, 1.807) is 0 Å². The van der Waals surface area contributed by atoms with Crippen molar-refractivity contribution in [2.24, 2.45) is 0 Å². The first-order valence-corrected chi connectivity index (χ1v) is 7.96. The molecule has 1 saturated heterocycles. The first-order valence-electron chi connectivity index (χ1n) is 7.16. The summed E-state index contributed by atoms with van der Waals surface area (Å²) in [5, 5.41) is 0. The van der Waals surface area contributed by atoms with Crippen molar-refractivity contribution in [3.8, 4) is 0 Å². The average Bonchev–Trinajstić information content (AvgIpc) is 2.77. The summed E-state index contributed by atoms with van der Waals surface area (Å²) in [5.74, 6) is -0.118. The second-order valence-electron chi connectivity index (χ2n) is 5.25. The molecule has 1 aromatic rings. The zero-order valence-corrected chi connectivity index (χ0v) is 13.0. The van der Waals surface area contributed by atoms with E-state index in [1.165, 1.54) is 25.7 Å². The number of hydrogen-bond acceptors (Lipinski definition) is 2. The van der Waals surface area contributed by atoms with Gasteiger partial charge in [-0.2, -0.15) is 0 Å². The highest BCUT2D eigenvalue weighted by molar-refractivity contribution is 9.10. The number of halogens is 1. The Bertz CT molecular complexity index is 413. The van der Waals surface area contributed by atoms with Gasteiger partial charge in [0.25, 0.3) is 0 Å². The minimum atomic E-state index is -0.0655. The lowest BCUT2D eigenvalue weighted by molar-refractivity contribution is -0.142. The van der Waals surface area contributed by atoms with Crippen LogP contribution in [0.15, 0.2) is 28.7 Å². The molecule has 0 N–H and O–H groups in total. The molecule has 0 bridgehead atoms. The van der Waals surface area contributed by atoms with Gasteiger partial charge in [0.15, 0.2) is 0 Å². The molecule has 0 aliphatic carbocycles. The van der Waals surface area contributed by atoms with E-state index in [1.807, 2.05) is 24.3 Å². The molecule has 0 unspecified atom stereocenters. The van der Waals surface area contributed by atoms with Gasteiger partial charge in [-0.05, 0) is 30.5 Å². The molecule has 2 rings (SSSR count). The fraction of sp³-hybridized carbons (Fsp3) is 0.562.